The summed E-state index contributed by atoms with van der Waals surface area (Å²) < 4.78 is 16.9. The lowest BCUT2D eigenvalue weighted by Crippen LogP contribution is -2.50. The number of likely N-dealkylation sites (N-methyl/N-ethyl adjacent to an activating group) is 1. The smallest absolute Gasteiger partial charge is 0.362 e. The van der Waals surface area contributed by atoms with E-state index in [2.05, 4.69) is 19.9 Å². The maximum atomic E-state index is 12.4. The molecule has 0 bridgehead atoms. The van der Waals surface area contributed by atoms with Crippen LogP contribution in [-0.4, -0.2) is 80.6 Å². The first-order chi connectivity index (χ1) is 18.1. The average molecular weight is 543 g/mol. The van der Waals surface area contributed by atoms with Crippen LogP contribution in [0.25, 0.3) is 0 Å². The summed E-state index contributed by atoms with van der Waals surface area (Å²) in [5.74, 6) is -1.55. The number of carboxylic acid groups (broad SMARTS) is 1. The van der Waals surface area contributed by atoms with Gasteiger partial charge >= 0.3 is 17.9 Å². The van der Waals surface area contributed by atoms with Crippen molar-refractivity contribution in [2.45, 2.75) is 122 Å². The number of nitrogens with zero attached hydrogens (tertiary/aromatic N) is 1. The molecule has 2 unspecified atom stereocenters. The van der Waals surface area contributed by atoms with Gasteiger partial charge in [0.15, 0.2) is 12.1 Å². The van der Waals surface area contributed by atoms with Crippen LogP contribution < -0.4 is 0 Å². The van der Waals surface area contributed by atoms with Crippen molar-refractivity contribution >= 4 is 17.9 Å². The van der Waals surface area contributed by atoms with Gasteiger partial charge in [-0.3, -0.25) is 9.59 Å². The lowest BCUT2D eigenvalue weighted by molar-refractivity contribution is -0.887. The van der Waals surface area contributed by atoms with Crippen molar-refractivity contribution in [3.05, 3.63) is 12.2 Å². The van der Waals surface area contributed by atoms with Gasteiger partial charge in [-0.1, -0.05) is 77.4 Å². The van der Waals surface area contributed by atoms with E-state index in [4.69, 9.17) is 14.2 Å². The second-order valence-electron chi connectivity index (χ2n) is 11.0. The quantitative estimate of drug-likeness (QED) is 0.0647. The van der Waals surface area contributed by atoms with Gasteiger partial charge in [0, 0.05) is 19.3 Å². The van der Waals surface area contributed by atoms with E-state index in [1.54, 1.807) is 0 Å². The normalized spacial score (nSPS) is 13.4. The molecule has 0 spiro atoms. The van der Waals surface area contributed by atoms with Gasteiger partial charge in [-0.05, 0) is 25.7 Å². The first kappa shape index (κ1) is 36.1. The molecule has 0 aliphatic heterocycles. The van der Waals surface area contributed by atoms with E-state index in [0.29, 0.717) is 19.3 Å². The van der Waals surface area contributed by atoms with E-state index >= 15 is 0 Å². The van der Waals surface area contributed by atoms with E-state index in [0.717, 1.165) is 32.1 Å². The molecule has 0 heterocycles. The summed E-state index contributed by atoms with van der Waals surface area (Å²) in [7, 11) is 5.48. The third kappa shape index (κ3) is 21.1. The first-order valence-electron chi connectivity index (χ1n) is 14.7. The molecule has 8 nitrogen and oxygen atoms in total. The number of aliphatic carboxylic acids is 1. The van der Waals surface area contributed by atoms with Crippen LogP contribution in [-0.2, 0) is 28.6 Å². The van der Waals surface area contributed by atoms with Crippen LogP contribution in [0.3, 0.4) is 0 Å². The Kier molecular flexibility index (Phi) is 21.8. The standard InChI is InChI=1S/C30H55NO7/c1-6-8-10-12-14-16-18-20-28(32)37-25-26(24-36-23-22-27(30(34)35)31(3,4)5)38-29(33)21-19-17-15-13-11-9-7-2/h15,17,26-27H,6-14,16,18-25H2,1-5H3/p+1/b17-15+. The minimum Gasteiger partial charge on any atom is -0.477 e. The highest BCUT2D eigenvalue weighted by Crippen LogP contribution is 2.11. The molecular formula is C30H56NO7+. The molecule has 222 valence electrons. The monoisotopic (exact) mass is 542 g/mol. The van der Waals surface area contributed by atoms with Gasteiger partial charge in [-0.25, -0.2) is 4.79 Å². The summed E-state index contributed by atoms with van der Waals surface area (Å²) in [6.45, 7) is 4.54. The predicted molar refractivity (Wildman–Crippen MR) is 151 cm³/mol. The fraction of sp³-hybridized carbons (Fsp3) is 0.833. The van der Waals surface area contributed by atoms with Gasteiger partial charge in [0.25, 0.3) is 0 Å². The average Bonchev–Trinajstić information content (AvgIpc) is 2.84. The fourth-order valence-corrected chi connectivity index (χ4v) is 4.05. The Balaban J connectivity index is 4.60. The van der Waals surface area contributed by atoms with Crippen molar-refractivity contribution in [1.82, 2.24) is 0 Å². The molecule has 1 N–H and O–H groups in total. The Morgan fingerprint density at radius 3 is 2.00 bits per heavy atom. The van der Waals surface area contributed by atoms with Crippen molar-refractivity contribution in [3.63, 3.8) is 0 Å². The Hall–Kier alpha value is -1.93. The SMILES string of the molecule is CCCCC/C=C/CCC(=O)OC(COCCC(C(=O)O)[N+](C)(C)C)COC(=O)CCCCCCCCC. The second kappa shape index (κ2) is 23.0. The Bertz CT molecular complexity index is 657. The van der Waals surface area contributed by atoms with Gasteiger partial charge in [0.1, 0.15) is 6.61 Å². The summed E-state index contributed by atoms with van der Waals surface area (Å²) in [5, 5.41) is 9.48. The summed E-state index contributed by atoms with van der Waals surface area (Å²) >= 11 is 0. The molecule has 0 aliphatic rings. The van der Waals surface area contributed by atoms with Gasteiger partial charge in [-0.15, -0.1) is 0 Å². The third-order valence-corrected chi connectivity index (χ3v) is 6.43. The molecule has 0 amide bonds. The molecular weight excluding hydrogens is 486 g/mol. The molecule has 0 saturated carbocycles. The zero-order chi connectivity index (χ0) is 28.7. The molecule has 0 fully saturated rings. The van der Waals surface area contributed by atoms with Crippen molar-refractivity contribution in [2.75, 3.05) is 41.0 Å². The van der Waals surface area contributed by atoms with Crippen LogP contribution in [0.5, 0.6) is 0 Å². The van der Waals surface area contributed by atoms with E-state index in [1.165, 1.54) is 38.5 Å². The van der Waals surface area contributed by atoms with E-state index in [9.17, 15) is 19.5 Å². The van der Waals surface area contributed by atoms with Crippen LogP contribution in [0.1, 0.15) is 110 Å². The number of carbonyl (C=O) groups excluding carboxylic acids is 2. The minimum atomic E-state index is -0.883. The summed E-state index contributed by atoms with van der Waals surface area (Å²) in [6, 6.07) is -0.611. The number of esters is 2. The highest BCUT2D eigenvalue weighted by Gasteiger charge is 2.31. The Morgan fingerprint density at radius 1 is 0.763 bits per heavy atom. The second-order valence-corrected chi connectivity index (χ2v) is 11.0. The number of carbonyl (C=O) groups is 3. The summed E-state index contributed by atoms with van der Waals surface area (Å²) in [5.41, 5.74) is 0. The Morgan fingerprint density at radius 2 is 1.37 bits per heavy atom. The molecule has 0 radical (unpaired) electrons. The molecule has 0 rings (SSSR count). The van der Waals surface area contributed by atoms with Gasteiger partial charge in [-0.2, -0.15) is 0 Å². The number of hydrogen-bond acceptors (Lipinski definition) is 6. The van der Waals surface area contributed by atoms with E-state index < -0.39 is 18.1 Å². The minimum absolute atomic E-state index is 0.0484. The molecule has 8 heteroatoms. The van der Waals surface area contributed by atoms with Gasteiger partial charge in [0.05, 0.1) is 34.4 Å². The van der Waals surface area contributed by atoms with Crippen molar-refractivity contribution in [2.24, 2.45) is 0 Å². The maximum absolute atomic E-state index is 12.4. The van der Waals surface area contributed by atoms with E-state index in [1.807, 2.05) is 27.2 Å². The predicted octanol–water partition coefficient (Wildman–Crippen LogP) is 6.06. The number of hydrogen-bond donors (Lipinski definition) is 1. The summed E-state index contributed by atoms with van der Waals surface area (Å²) in [4.78, 5) is 36.2. The van der Waals surface area contributed by atoms with Crippen molar-refractivity contribution < 1.29 is 38.2 Å². The van der Waals surface area contributed by atoms with E-state index in [-0.39, 0.29) is 42.7 Å². The maximum Gasteiger partial charge on any atom is 0.362 e. The Labute approximate surface area is 231 Å². The van der Waals surface area contributed by atoms with Crippen LogP contribution in [0.2, 0.25) is 0 Å². The fourth-order valence-electron chi connectivity index (χ4n) is 4.05. The number of allylic oxidation sites excluding steroid dienone is 2. The lowest BCUT2D eigenvalue weighted by Gasteiger charge is -2.31. The number of unbranched alkanes of at least 4 members (excludes halogenated alkanes) is 9. The molecule has 0 aromatic carbocycles. The number of ether oxygens (including phenoxy) is 3. The number of quaternary nitrogens is 1. The first-order valence-corrected chi connectivity index (χ1v) is 14.7. The van der Waals surface area contributed by atoms with Crippen molar-refractivity contribution in [1.29, 1.82) is 0 Å². The molecule has 0 aromatic heterocycles. The molecule has 2 atom stereocenters. The lowest BCUT2D eigenvalue weighted by atomic mass is 10.1. The molecule has 0 aliphatic carbocycles. The molecule has 0 saturated heterocycles. The zero-order valence-corrected chi connectivity index (χ0v) is 24.9. The zero-order valence-electron chi connectivity index (χ0n) is 24.9. The highest BCUT2D eigenvalue weighted by molar-refractivity contribution is 5.72. The van der Waals surface area contributed by atoms with Crippen LogP contribution in [0, 0.1) is 0 Å². The van der Waals surface area contributed by atoms with Crippen molar-refractivity contribution in [3.8, 4) is 0 Å². The molecule has 0 aromatic rings. The van der Waals surface area contributed by atoms with Crippen LogP contribution in [0.15, 0.2) is 12.2 Å². The number of carboxylic acids is 1. The van der Waals surface area contributed by atoms with Crippen LogP contribution in [0.4, 0.5) is 0 Å². The number of rotatable bonds is 25. The highest BCUT2D eigenvalue weighted by atomic mass is 16.6. The molecule has 38 heavy (non-hydrogen) atoms. The largest absolute Gasteiger partial charge is 0.477 e. The van der Waals surface area contributed by atoms with Gasteiger partial charge < -0.3 is 23.8 Å². The third-order valence-electron chi connectivity index (χ3n) is 6.43. The van der Waals surface area contributed by atoms with Crippen LogP contribution >= 0.6 is 0 Å². The summed E-state index contributed by atoms with van der Waals surface area (Å²) in [6.07, 6.45) is 17.3. The topological polar surface area (TPSA) is 99.1 Å². The van der Waals surface area contributed by atoms with Gasteiger partial charge in [0.2, 0.25) is 0 Å².